The number of nitrogens with zero attached hydrogens (tertiary/aromatic N) is 5. The van der Waals surface area contributed by atoms with Gasteiger partial charge < -0.3 is 25.2 Å². The molecule has 0 unspecified atom stereocenters. The average molecular weight is 517 g/mol. The van der Waals surface area contributed by atoms with E-state index in [0.29, 0.717) is 52.7 Å². The van der Waals surface area contributed by atoms with Crippen molar-refractivity contribution < 1.29 is 27.8 Å². The molecule has 0 saturated heterocycles. The van der Waals surface area contributed by atoms with Crippen molar-refractivity contribution in [2.75, 3.05) is 32.2 Å². The molecule has 2 aromatic heterocycles. The highest BCUT2D eigenvalue weighted by molar-refractivity contribution is 5.82. The molecule has 2 heterocycles. The monoisotopic (exact) mass is 516 g/mol. The number of ether oxygens (including phenoxy) is 2. The number of hydrogen-bond acceptors (Lipinski definition) is 8. The van der Waals surface area contributed by atoms with Crippen LogP contribution in [0.4, 0.5) is 24.5 Å². The van der Waals surface area contributed by atoms with E-state index in [-0.39, 0.29) is 0 Å². The third kappa shape index (κ3) is 6.09. The Balaban J connectivity index is 1.76. The number of aromatic nitrogens is 4. The number of fused-ring (bicyclic) bond motifs is 1. The molecule has 1 atom stereocenters. The fourth-order valence-electron chi connectivity index (χ4n) is 3.76. The van der Waals surface area contributed by atoms with E-state index in [1.807, 2.05) is 6.20 Å². The molecular formula is C25H27F3N6O3. The minimum Gasteiger partial charge on any atom is -0.497 e. The molecule has 3 N–H and O–H groups in total. The zero-order chi connectivity index (χ0) is 26.6. The number of hydrogen-bond donors (Lipinski definition) is 2. The van der Waals surface area contributed by atoms with Crippen molar-refractivity contribution in [3.8, 4) is 22.8 Å². The van der Waals surface area contributed by atoms with Crippen molar-refractivity contribution in [1.29, 1.82) is 0 Å². The lowest BCUT2D eigenvalue weighted by Crippen LogP contribution is -2.39. The summed E-state index contributed by atoms with van der Waals surface area (Å²) < 4.78 is 52.4. The van der Waals surface area contributed by atoms with E-state index >= 15 is 0 Å². The van der Waals surface area contributed by atoms with Gasteiger partial charge in [0.15, 0.2) is 6.10 Å². The summed E-state index contributed by atoms with van der Waals surface area (Å²) in [6, 6.07) is 9.64. The quantitative estimate of drug-likeness (QED) is 0.326. The molecule has 0 saturated carbocycles. The predicted octanol–water partition coefficient (Wildman–Crippen LogP) is 3.92. The standard InChI is InChI=1S/C25H27F3N6O3/c1-36-19-8-18(9-20(11-19)37-2)34(15-24(35)25(26,27)28)17-4-5-21-22(10-17)32-23(13-30-21)16-12-31-33(14-16)7-3-6-29/h4-5,8-14,24,35H,3,6-7,15,29H2,1-2H3/t24-/m0/s1. The fraction of sp³-hybridized carbons (Fsp3) is 0.320. The highest BCUT2D eigenvalue weighted by atomic mass is 19.4. The Bertz CT molecular complexity index is 1340. The fourth-order valence-corrected chi connectivity index (χ4v) is 3.76. The van der Waals surface area contributed by atoms with Crippen LogP contribution in [0.15, 0.2) is 55.0 Å². The lowest BCUT2D eigenvalue weighted by Gasteiger charge is -2.29. The van der Waals surface area contributed by atoms with Crippen LogP contribution in [0, 0.1) is 0 Å². The molecular weight excluding hydrogens is 489 g/mol. The van der Waals surface area contributed by atoms with Gasteiger partial charge in [-0.3, -0.25) is 9.67 Å². The summed E-state index contributed by atoms with van der Waals surface area (Å²) in [6.45, 7) is 0.459. The molecule has 0 aliphatic rings. The number of halogens is 3. The van der Waals surface area contributed by atoms with Gasteiger partial charge in [-0.15, -0.1) is 0 Å². The SMILES string of the molecule is COc1cc(OC)cc(N(C[C@H](O)C(F)(F)F)c2ccc3ncc(-c4cnn(CCCN)c4)nc3c2)c1. The molecule has 9 nitrogen and oxygen atoms in total. The maximum atomic E-state index is 13.3. The Morgan fingerprint density at radius 3 is 2.41 bits per heavy atom. The van der Waals surface area contributed by atoms with Crippen molar-refractivity contribution in [3.63, 3.8) is 0 Å². The second-order valence-corrected chi connectivity index (χ2v) is 8.30. The largest absolute Gasteiger partial charge is 0.497 e. The minimum absolute atomic E-state index is 0.337. The van der Waals surface area contributed by atoms with E-state index in [0.717, 1.165) is 12.0 Å². The number of aliphatic hydroxyl groups is 1. The third-order valence-electron chi connectivity index (χ3n) is 5.74. The molecule has 0 amide bonds. The maximum absolute atomic E-state index is 13.3. The van der Waals surface area contributed by atoms with E-state index in [1.54, 1.807) is 53.5 Å². The molecule has 0 radical (unpaired) electrons. The Labute approximate surface area is 211 Å². The Morgan fingerprint density at radius 1 is 1.03 bits per heavy atom. The summed E-state index contributed by atoms with van der Waals surface area (Å²) in [7, 11) is 2.89. The number of rotatable bonds is 10. The summed E-state index contributed by atoms with van der Waals surface area (Å²) in [6.07, 6.45) is -1.51. The number of alkyl halides is 3. The van der Waals surface area contributed by atoms with E-state index in [2.05, 4.69) is 15.1 Å². The first-order chi connectivity index (χ1) is 17.7. The Hall–Kier alpha value is -3.90. The number of aryl methyl sites for hydroxylation is 1. The zero-order valence-electron chi connectivity index (χ0n) is 20.3. The van der Waals surface area contributed by atoms with Crippen LogP contribution in [0.5, 0.6) is 11.5 Å². The first kappa shape index (κ1) is 26.2. The van der Waals surface area contributed by atoms with Crippen LogP contribution in [0.25, 0.3) is 22.3 Å². The smallest absolute Gasteiger partial charge is 0.416 e. The molecule has 196 valence electrons. The molecule has 12 heteroatoms. The van der Waals surface area contributed by atoms with Crippen LogP contribution >= 0.6 is 0 Å². The van der Waals surface area contributed by atoms with Gasteiger partial charge in [-0.25, -0.2) is 4.98 Å². The van der Waals surface area contributed by atoms with Crippen molar-refractivity contribution in [3.05, 3.63) is 55.0 Å². The van der Waals surface area contributed by atoms with Gasteiger partial charge in [-0.05, 0) is 31.2 Å². The predicted molar refractivity (Wildman–Crippen MR) is 133 cm³/mol. The number of methoxy groups -OCH3 is 2. The average Bonchev–Trinajstić information content (AvgIpc) is 3.37. The van der Waals surface area contributed by atoms with Gasteiger partial charge >= 0.3 is 6.18 Å². The van der Waals surface area contributed by atoms with Crippen LogP contribution in [0.3, 0.4) is 0 Å². The van der Waals surface area contributed by atoms with E-state index in [9.17, 15) is 18.3 Å². The number of benzene rings is 2. The van der Waals surface area contributed by atoms with Crippen molar-refractivity contribution >= 4 is 22.4 Å². The van der Waals surface area contributed by atoms with E-state index in [4.69, 9.17) is 15.2 Å². The minimum atomic E-state index is -4.81. The lowest BCUT2D eigenvalue weighted by molar-refractivity contribution is -0.199. The molecule has 0 aliphatic heterocycles. The summed E-state index contributed by atoms with van der Waals surface area (Å²) in [5.41, 5.74) is 8.61. The number of anilines is 2. The molecule has 2 aromatic carbocycles. The first-order valence-electron chi connectivity index (χ1n) is 11.5. The second kappa shape index (κ2) is 11.0. The van der Waals surface area contributed by atoms with Crippen LogP contribution in [-0.4, -0.2) is 64.4 Å². The Kier molecular flexibility index (Phi) is 7.79. The normalized spacial score (nSPS) is 12.5. The highest BCUT2D eigenvalue weighted by Gasteiger charge is 2.39. The Morgan fingerprint density at radius 2 is 1.76 bits per heavy atom. The molecule has 0 aliphatic carbocycles. The highest BCUT2D eigenvalue weighted by Crippen LogP contribution is 2.35. The molecule has 0 bridgehead atoms. The summed E-state index contributed by atoms with van der Waals surface area (Å²) in [4.78, 5) is 10.5. The topological polar surface area (TPSA) is 112 Å². The van der Waals surface area contributed by atoms with Gasteiger partial charge in [0.2, 0.25) is 0 Å². The van der Waals surface area contributed by atoms with Gasteiger partial charge in [0.05, 0.1) is 49.9 Å². The van der Waals surface area contributed by atoms with Gasteiger partial charge in [0.25, 0.3) is 0 Å². The summed E-state index contributed by atoms with van der Waals surface area (Å²) in [5, 5.41) is 14.2. The molecule has 0 spiro atoms. The van der Waals surface area contributed by atoms with Crippen molar-refractivity contribution in [2.24, 2.45) is 5.73 Å². The zero-order valence-corrected chi connectivity index (χ0v) is 20.3. The van der Waals surface area contributed by atoms with Crippen molar-refractivity contribution in [2.45, 2.75) is 25.2 Å². The van der Waals surface area contributed by atoms with Crippen LogP contribution in [0.1, 0.15) is 6.42 Å². The van der Waals surface area contributed by atoms with Gasteiger partial charge in [0, 0.05) is 47.9 Å². The van der Waals surface area contributed by atoms with Crippen LogP contribution in [-0.2, 0) is 6.54 Å². The van der Waals surface area contributed by atoms with Gasteiger partial charge in [-0.1, -0.05) is 0 Å². The van der Waals surface area contributed by atoms with Crippen LogP contribution in [0.2, 0.25) is 0 Å². The van der Waals surface area contributed by atoms with E-state index in [1.165, 1.54) is 19.1 Å². The molecule has 4 aromatic rings. The number of nitrogens with two attached hydrogens (primary N) is 1. The van der Waals surface area contributed by atoms with E-state index < -0.39 is 18.8 Å². The van der Waals surface area contributed by atoms with Gasteiger partial charge in [-0.2, -0.15) is 18.3 Å². The maximum Gasteiger partial charge on any atom is 0.416 e. The first-order valence-corrected chi connectivity index (χ1v) is 11.5. The van der Waals surface area contributed by atoms with Crippen molar-refractivity contribution in [1.82, 2.24) is 19.7 Å². The lowest BCUT2D eigenvalue weighted by atomic mass is 10.1. The molecule has 0 fully saturated rings. The molecule has 37 heavy (non-hydrogen) atoms. The van der Waals surface area contributed by atoms with Gasteiger partial charge in [0.1, 0.15) is 11.5 Å². The van der Waals surface area contributed by atoms with Crippen LogP contribution < -0.4 is 20.1 Å². The second-order valence-electron chi connectivity index (χ2n) is 8.30. The molecule has 4 rings (SSSR count). The third-order valence-corrected chi connectivity index (χ3v) is 5.74. The summed E-state index contributed by atoms with van der Waals surface area (Å²) >= 11 is 0. The number of aliphatic hydroxyl groups excluding tert-OH is 1. The summed E-state index contributed by atoms with van der Waals surface area (Å²) in [5.74, 6) is 0.769.